The minimum atomic E-state index is -1.36. The van der Waals surface area contributed by atoms with Gasteiger partial charge in [-0.3, -0.25) is 0 Å². The van der Waals surface area contributed by atoms with Crippen molar-refractivity contribution in [3.8, 4) is 0 Å². The second kappa shape index (κ2) is 10.6. The van der Waals surface area contributed by atoms with Crippen molar-refractivity contribution < 1.29 is 14.5 Å². The van der Waals surface area contributed by atoms with Crippen LogP contribution in [-0.2, 0) is 17.9 Å². The third-order valence-corrected chi connectivity index (χ3v) is 3.37. The number of carbonyl (C=O) groups excluding carboxylic acids is 1. The average Bonchev–Trinajstić information content (AvgIpc) is 3.16. The lowest BCUT2D eigenvalue weighted by atomic mass is 10.2. The van der Waals surface area contributed by atoms with Crippen molar-refractivity contribution >= 4 is 5.97 Å². The first kappa shape index (κ1) is 18.0. The minimum Gasteiger partial charge on any atom is -0.550 e. The van der Waals surface area contributed by atoms with Crippen LogP contribution in [0.3, 0.4) is 0 Å². The molecule has 8 nitrogen and oxygen atoms in total. The predicted molar refractivity (Wildman–Crippen MR) is 79.6 cm³/mol. The van der Waals surface area contributed by atoms with Crippen molar-refractivity contribution in [3.05, 3.63) is 29.2 Å². The molecule has 8 heteroatoms. The first-order chi connectivity index (χ1) is 10.7. The van der Waals surface area contributed by atoms with Gasteiger partial charge in [0.1, 0.15) is 18.9 Å². The molecule has 0 bridgehead atoms. The zero-order valence-corrected chi connectivity index (χ0v) is 13.0. The molecule has 1 aromatic heterocycles. The van der Waals surface area contributed by atoms with E-state index >= 15 is 0 Å². The number of rotatable bonds is 7. The number of nitrogens with zero attached hydrogens (tertiary/aromatic N) is 5. The van der Waals surface area contributed by atoms with Crippen molar-refractivity contribution in [2.45, 2.75) is 51.7 Å². The van der Waals surface area contributed by atoms with Crippen molar-refractivity contribution in [1.29, 1.82) is 0 Å². The highest BCUT2D eigenvalue weighted by Gasteiger charge is 2.16. The number of imidazole rings is 1. The Labute approximate surface area is 130 Å². The highest BCUT2D eigenvalue weighted by Crippen LogP contribution is 2.04. The Hall–Kier alpha value is -2.05. The molecule has 0 aliphatic carbocycles. The summed E-state index contributed by atoms with van der Waals surface area (Å²) in [5.74, 6) is -1.36. The van der Waals surface area contributed by atoms with Crippen molar-refractivity contribution in [3.63, 3.8) is 0 Å². The molecule has 122 valence electrons. The smallest absolute Gasteiger partial charge is 0.243 e. The fourth-order valence-electron chi connectivity index (χ4n) is 2.28. The largest absolute Gasteiger partial charge is 0.550 e. The molecule has 1 atom stereocenters. The van der Waals surface area contributed by atoms with E-state index in [1.807, 2.05) is 0 Å². The van der Waals surface area contributed by atoms with Crippen LogP contribution in [0, 0.1) is 0 Å². The maximum atomic E-state index is 9.38. The summed E-state index contributed by atoms with van der Waals surface area (Å²) in [4.78, 5) is 11.6. The number of aryl methyl sites for hydroxylation is 1. The van der Waals surface area contributed by atoms with Gasteiger partial charge in [0.05, 0.1) is 13.1 Å². The number of unbranched alkanes of at least 4 members (excludes halogenated alkanes) is 1. The Balaban J connectivity index is 0.000000295. The molecule has 2 rings (SSSR count). The van der Waals surface area contributed by atoms with Gasteiger partial charge >= 0.3 is 0 Å². The van der Waals surface area contributed by atoms with E-state index in [0.29, 0.717) is 6.04 Å². The number of hydrogen-bond acceptors (Lipinski definition) is 4. The van der Waals surface area contributed by atoms with Crippen LogP contribution in [0.15, 0.2) is 23.8 Å². The number of aliphatic carboxylic acids is 1. The summed E-state index contributed by atoms with van der Waals surface area (Å²) >= 11 is 0. The van der Waals surface area contributed by atoms with Gasteiger partial charge in [-0.25, -0.2) is 9.13 Å². The van der Waals surface area contributed by atoms with Gasteiger partial charge in [-0.15, -0.1) is 0 Å². The molecule has 0 amide bonds. The Bertz CT molecular complexity index is 489. The Morgan fingerprint density at radius 2 is 2.45 bits per heavy atom. The van der Waals surface area contributed by atoms with Crippen molar-refractivity contribution in [2.24, 2.45) is 5.11 Å². The van der Waals surface area contributed by atoms with Gasteiger partial charge in [0.2, 0.25) is 6.33 Å². The molecular formula is C14H24N6O2. The van der Waals surface area contributed by atoms with Crippen LogP contribution >= 0.6 is 0 Å². The molecule has 0 radical (unpaired) electrons. The summed E-state index contributed by atoms with van der Waals surface area (Å²) in [7, 11) is 0. The third kappa shape index (κ3) is 7.66. The van der Waals surface area contributed by atoms with E-state index in [2.05, 4.69) is 50.1 Å². The van der Waals surface area contributed by atoms with E-state index < -0.39 is 12.5 Å². The van der Waals surface area contributed by atoms with E-state index in [1.54, 1.807) is 0 Å². The molecule has 1 N–H and O–H groups in total. The molecule has 1 aliphatic heterocycles. The normalized spacial score (nSPS) is 16.5. The van der Waals surface area contributed by atoms with Gasteiger partial charge in [0.15, 0.2) is 0 Å². The molecule has 1 aliphatic rings. The van der Waals surface area contributed by atoms with Crippen LogP contribution in [-0.4, -0.2) is 29.7 Å². The predicted octanol–water partition coefficient (Wildman–Crippen LogP) is 0.374. The lowest BCUT2D eigenvalue weighted by molar-refractivity contribution is -0.698. The molecule has 0 aromatic carbocycles. The maximum Gasteiger partial charge on any atom is 0.243 e. The SMILES string of the molecule is CCCCn1cc[n+](C[C@@H]2CCCN2)c1.[N-]=[N+]=NCC(=O)[O-]. The Morgan fingerprint density at radius 1 is 1.64 bits per heavy atom. The van der Waals surface area contributed by atoms with Gasteiger partial charge < -0.3 is 15.2 Å². The monoisotopic (exact) mass is 308 g/mol. The lowest BCUT2D eigenvalue weighted by Crippen LogP contribution is -2.41. The summed E-state index contributed by atoms with van der Waals surface area (Å²) in [5.41, 5.74) is 7.48. The fourth-order valence-corrected chi connectivity index (χ4v) is 2.28. The number of nitrogens with one attached hydrogen (secondary N) is 1. The third-order valence-electron chi connectivity index (χ3n) is 3.37. The Morgan fingerprint density at radius 3 is 3.00 bits per heavy atom. The number of carboxylic acid groups (broad SMARTS) is 1. The summed E-state index contributed by atoms with van der Waals surface area (Å²) in [5, 5.41) is 15.6. The van der Waals surface area contributed by atoms with Crippen LogP contribution in [0.5, 0.6) is 0 Å². The molecule has 0 unspecified atom stereocenters. The van der Waals surface area contributed by atoms with E-state index in [4.69, 9.17) is 5.53 Å². The molecule has 1 aromatic rings. The molecular weight excluding hydrogens is 284 g/mol. The summed E-state index contributed by atoms with van der Waals surface area (Å²) in [6.07, 6.45) is 11.8. The average molecular weight is 308 g/mol. The Kier molecular flexibility index (Phi) is 8.71. The highest BCUT2D eigenvalue weighted by atomic mass is 16.4. The molecule has 1 saturated heterocycles. The maximum absolute atomic E-state index is 9.38. The molecule has 2 heterocycles. The van der Waals surface area contributed by atoms with Gasteiger partial charge in [-0.05, 0) is 31.3 Å². The van der Waals surface area contributed by atoms with Crippen LogP contribution < -0.4 is 15.0 Å². The second-order valence-corrected chi connectivity index (χ2v) is 5.26. The molecule has 1 fully saturated rings. The summed E-state index contributed by atoms with van der Waals surface area (Å²) in [6.45, 7) is 5.12. The first-order valence-corrected chi connectivity index (χ1v) is 7.64. The van der Waals surface area contributed by atoms with Gasteiger partial charge in [-0.2, -0.15) is 0 Å². The van der Waals surface area contributed by atoms with E-state index in [0.717, 1.165) is 13.1 Å². The fraction of sp³-hybridized carbons (Fsp3) is 0.714. The molecule has 0 spiro atoms. The number of hydrogen-bond donors (Lipinski definition) is 1. The van der Waals surface area contributed by atoms with Crippen molar-refractivity contribution in [1.82, 2.24) is 9.88 Å². The van der Waals surface area contributed by atoms with E-state index in [1.165, 1.54) is 32.2 Å². The number of azide groups is 1. The number of carbonyl (C=O) groups is 1. The van der Waals surface area contributed by atoms with Gasteiger partial charge in [0, 0.05) is 16.9 Å². The molecule has 22 heavy (non-hydrogen) atoms. The summed E-state index contributed by atoms with van der Waals surface area (Å²) in [6, 6.07) is 0.692. The standard InChI is InChI=1S/C12H22N3.C2H3N3O2/c1-2-3-7-14-8-9-15(11-14)10-12-5-4-6-13-12;3-5-4-1-2(6)7/h8-9,11-13H,2-7,10H2,1H3;1H2,(H,6,7)/q+1;/p-1/t12-;/m0./s1. The van der Waals surface area contributed by atoms with Crippen LogP contribution in [0.2, 0.25) is 0 Å². The second-order valence-electron chi connectivity index (χ2n) is 5.26. The zero-order chi connectivity index (χ0) is 16.2. The minimum absolute atomic E-state index is 0.587. The zero-order valence-electron chi connectivity index (χ0n) is 13.0. The first-order valence-electron chi connectivity index (χ1n) is 7.64. The van der Waals surface area contributed by atoms with E-state index in [9.17, 15) is 9.90 Å². The number of carboxylic acids is 1. The van der Waals surface area contributed by atoms with E-state index in [-0.39, 0.29) is 0 Å². The van der Waals surface area contributed by atoms with Gasteiger partial charge in [-0.1, -0.05) is 18.5 Å². The van der Waals surface area contributed by atoms with Crippen LogP contribution in [0.25, 0.3) is 10.4 Å². The number of aromatic nitrogens is 2. The highest BCUT2D eigenvalue weighted by molar-refractivity contribution is 5.66. The van der Waals surface area contributed by atoms with Crippen molar-refractivity contribution in [2.75, 3.05) is 13.1 Å². The van der Waals surface area contributed by atoms with Gasteiger partial charge in [0.25, 0.3) is 0 Å². The topological polar surface area (TPSA) is 110 Å². The van der Waals surface area contributed by atoms with Crippen LogP contribution in [0.1, 0.15) is 32.6 Å². The molecule has 0 saturated carbocycles. The van der Waals surface area contributed by atoms with Crippen LogP contribution in [0.4, 0.5) is 0 Å². The summed E-state index contributed by atoms with van der Waals surface area (Å²) < 4.78 is 4.59. The quantitative estimate of drug-likeness (QED) is 0.340. The lowest BCUT2D eigenvalue weighted by Gasteiger charge is -2.05.